The minimum Gasteiger partial charge on any atom is -0.0622 e. The molecule has 5 aromatic rings. The van der Waals surface area contributed by atoms with Gasteiger partial charge in [-0.05, 0) is 68.5 Å². The highest BCUT2D eigenvalue weighted by molar-refractivity contribution is 6.04. The molecule has 0 bridgehead atoms. The Hall–Kier alpha value is -3.90. The molecule has 0 amide bonds. The second kappa shape index (κ2) is 9.93. The third kappa shape index (κ3) is 3.97. The Morgan fingerprint density at radius 1 is 0.324 bits per heavy atom. The van der Waals surface area contributed by atoms with Gasteiger partial charge in [0.1, 0.15) is 0 Å². The molecule has 0 aliphatic rings. The van der Waals surface area contributed by atoms with E-state index in [9.17, 15) is 0 Å². The van der Waals surface area contributed by atoms with E-state index in [4.69, 9.17) is 0 Å². The fraction of sp³-hybridized carbons (Fsp3) is 0.118. The van der Waals surface area contributed by atoms with Crippen LogP contribution < -0.4 is 0 Å². The normalized spacial score (nSPS) is 10.9. The summed E-state index contributed by atoms with van der Waals surface area (Å²) in [5.74, 6) is 0. The van der Waals surface area contributed by atoms with Gasteiger partial charge in [0.2, 0.25) is 0 Å². The van der Waals surface area contributed by atoms with Crippen molar-refractivity contribution in [2.45, 2.75) is 26.7 Å². The van der Waals surface area contributed by atoms with Crippen molar-refractivity contribution in [1.82, 2.24) is 0 Å². The van der Waals surface area contributed by atoms with E-state index in [1.165, 1.54) is 55.6 Å². The van der Waals surface area contributed by atoms with Crippen LogP contribution in [0, 0.1) is 0 Å². The summed E-state index contributed by atoms with van der Waals surface area (Å²) in [4.78, 5) is 0. The molecule has 34 heavy (non-hydrogen) atoms. The molecule has 5 aromatic carbocycles. The maximum Gasteiger partial charge on any atom is -0.00176 e. The highest BCUT2D eigenvalue weighted by Gasteiger charge is 2.25. The first kappa shape index (κ1) is 21.9. The zero-order valence-electron chi connectivity index (χ0n) is 20.0. The second-order valence-electron chi connectivity index (χ2n) is 8.63. The van der Waals surface area contributed by atoms with Crippen molar-refractivity contribution in [2.24, 2.45) is 0 Å². The van der Waals surface area contributed by atoms with Crippen LogP contribution in [0.4, 0.5) is 0 Å². The van der Waals surface area contributed by atoms with Gasteiger partial charge in [0, 0.05) is 0 Å². The smallest absolute Gasteiger partial charge is 0.00176 e. The Bertz CT molecular complexity index is 1260. The molecule has 0 spiro atoms. The molecule has 0 saturated heterocycles. The molecular formula is C34H30. The van der Waals surface area contributed by atoms with Gasteiger partial charge in [-0.2, -0.15) is 0 Å². The lowest BCUT2D eigenvalue weighted by molar-refractivity contribution is 1.04. The largest absolute Gasteiger partial charge is 0.0622 e. The predicted molar refractivity (Wildman–Crippen MR) is 147 cm³/mol. The Balaban J connectivity index is 2.05. The van der Waals surface area contributed by atoms with Gasteiger partial charge in [0.05, 0.1) is 0 Å². The summed E-state index contributed by atoms with van der Waals surface area (Å²) in [5.41, 5.74) is 13.4. The van der Waals surface area contributed by atoms with Crippen molar-refractivity contribution < 1.29 is 0 Å². The monoisotopic (exact) mass is 438 g/mol. The van der Waals surface area contributed by atoms with E-state index >= 15 is 0 Å². The summed E-state index contributed by atoms with van der Waals surface area (Å²) in [6, 6.07) is 43.7. The predicted octanol–water partition coefficient (Wildman–Crippen LogP) is 9.48. The third-order valence-corrected chi connectivity index (χ3v) is 6.67. The lowest BCUT2D eigenvalue weighted by Gasteiger charge is -2.27. The summed E-state index contributed by atoms with van der Waals surface area (Å²) in [7, 11) is 0. The first-order valence-corrected chi connectivity index (χ1v) is 12.3. The van der Waals surface area contributed by atoms with E-state index in [2.05, 4.69) is 135 Å². The molecule has 0 radical (unpaired) electrons. The van der Waals surface area contributed by atoms with Gasteiger partial charge in [0.15, 0.2) is 0 Å². The molecule has 0 saturated carbocycles. The molecule has 0 heteroatoms. The highest BCUT2D eigenvalue weighted by Crippen LogP contribution is 2.49. The van der Waals surface area contributed by atoms with Gasteiger partial charge in [0.25, 0.3) is 0 Å². The van der Waals surface area contributed by atoms with Crippen LogP contribution in [0.2, 0.25) is 0 Å². The zero-order chi connectivity index (χ0) is 23.3. The van der Waals surface area contributed by atoms with Gasteiger partial charge in [-0.1, -0.05) is 135 Å². The van der Waals surface area contributed by atoms with E-state index in [1.807, 2.05) is 0 Å². The SMILES string of the molecule is CCc1c(CC)c(-c2ccccc2)c(-c2ccccc2)c(-c2ccccc2)c1-c1ccccc1. The highest BCUT2D eigenvalue weighted by atomic mass is 14.3. The Labute approximate surface area is 203 Å². The number of benzene rings is 5. The van der Waals surface area contributed by atoms with Crippen LogP contribution in [-0.4, -0.2) is 0 Å². The van der Waals surface area contributed by atoms with E-state index in [0.717, 1.165) is 12.8 Å². The summed E-state index contributed by atoms with van der Waals surface area (Å²) >= 11 is 0. The van der Waals surface area contributed by atoms with Crippen molar-refractivity contribution >= 4 is 0 Å². The molecule has 0 N–H and O–H groups in total. The van der Waals surface area contributed by atoms with Gasteiger partial charge < -0.3 is 0 Å². The Kier molecular flexibility index (Phi) is 6.40. The van der Waals surface area contributed by atoms with E-state index in [-0.39, 0.29) is 0 Å². The fourth-order valence-corrected chi connectivity index (χ4v) is 5.27. The molecule has 0 unspecified atom stereocenters. The van der Waals surface area contributed by atoms with Gasteiger partial charge in [-0.15, -0.1) is 0 Å². The lowest BCUT2D eigenvalue weighted by atomic mass is 9.76. The lowest BCUT2D eigenvalue weighted by Crippen LogP contribution is -2.05. The van der Waals surface area contributed by atoms with Crippen molar-refractivity contribution in [2.75, 3.05) is 0 Å². The molecule has 0 nitrogen and oxygen atoms in total. The molecule has 0 aromatic heterocycles. The van der Waals surface area contributed by atoms with Crippen LogP contribution >= 0.6 is 0 Å². The van der Waals surface area contributed by atoms with Crippen LogP contribution in [-0.2, 0) is 12.8 Å². The summed E-state index contributed by atoms with van der Waals surface area (Å²) in [6.45, 7) is 4.60. The van der Waals surface area contributed by atoms with E-state index in [1.54, 1.807) is 0 Å². The zero-order valence-corrected chi connectivity index (χ0v) is 20.0. The molecular weight excluding hydrogens is 408 g/mol. The summed E-state index contributed by atoms with van der Waals surface area (Å²) < 4.78 is 0. The van der Waals surface area contributed by atoms with Crippen LogP contribution in [0.25, 0.3) is 44.5 Å². The minimum atomic E-state index is 0.988. The van der Waals surface area contributed by atoms with Crippen LogP contribution in [0.15, 0.2) is 121 Å². The van der Waals surface area contributed by atoms with Gasteiger partial charge >= 0.3 is 0 Å². The standard InChI is InChI=1S/C34H30/c1-3-29-30(4-2)32(26-19-11-6-12-20-26)34(28-23-15-8-16-24-28)33(27-21-13-7-14-22-27)31(29)25-17-9-5-10-18-25/h5-24H,3-4H2,1-2H3. The maximum atomic E-state index is 2.30. The maximum absolute atomic E-state index is 2.30. The number of hydrogen-bond acceptors (Lipinski definition) is 0. The first-order valence-electron chi connectivity index (χ1n) is 12.3. The average molecular weight is 439 g/mol. The second-order valence-corrected chi connectivity index (χ2v) is 8.63. The topological polar surface area (TPSA) is 0 Å². The number of rotatable bonds is 6. The Morgan fingerprint density at radius 3 is 0.794 bits per heavy atom. The first-order chi connectivity index (χ1) is 16.8. The number of hydrogen-bond donors (Lipinski definition) is 0. The van der Waals surface area contributed by atoms with Gasteiger partial charge in [-0.3, -0.25) is 0 Å². The van der Waals surface area contributed by atoms with Crippen LogP contribution in [0.5, 0.6) is 0 Å². The average Bonchev–Trinajstić information content (AvgIpc) is 2.93. The summed E-state index contributed by atoms with van der Waals surface area (Å²) in [5, 5.41) is 0. The van der Waals surface area contributed by atoms with Crippen molar-refractivity contribution in [3.63, 3.8) is 0 Å². The summed E-state index contributed by atoms with van der Waals surface area (Å²) in [6.07, 6.45) is 1.98. The Morgan fingerprint density at radius 2 is 0.559 bits per heavy atom. The quantitative estimate of drug-likeness (QED) is 0.248. The van der Waals surface area contributed by atoms with Crippen molar-refractivity contribution in [1.29, 1.82) is 0 Å². The molecule has 0 heterocycles. The molecule has 5 rings (SSSR count). The molecule has 166 valence electrons. The van der Waals surface area contributed by atoms with Gasteiger partial charge in [-0.25, -0.2) is 0 Å². The van der Waals surface area contributed by atoms with Crippen LogP contribution in [0.3, 0.4) is 0 Å². The third-order valence-electron chi connectivity index (χ3n) is 6.67. The van der Waals surface area contributed by atoms with Crippen molar-refractivity contribution in [3.8, 4) is 44.5 Å². The van der Waals surface area contributed by atoms with Crippen LogP contribution in [0.1, 0.15) is 25.0 Å². The van der Waals surface area contributed by atoms with E-state index in [0.29, 0.717) is 0 Å². The fourth-order valence-electron chi connectivity index (χ4n) is 5.27. The molecule has 0 fully saturated rings. The van der Waals surface area contributed by atoms with E-state index < -0.39 is 0 Å². The molecule has 0 atom stereocenters. The molecule has 0 aliphatic heterocycles. The van der Waals surface area contributed by atoms with Crippen molar-refractivity contribution in [3.05, 3.63) is 132 Å². The minimum absolute atomic E-state index is 0.988. The molecule has 0 aliphatic carbocycles.